The number of anilines is 1. The van der Waals surface area contributed by atoms with Crippen molar-refractivity contribution in [3.05, 3.63) is 83.2 Å². The van der Waals surface area contributed by atoms with Crippen molar-refractivity contribution in [2.75, 3.05) is 12.4 Å². The van der Waals surface area contributed by atoms with Crippen LogP contribution in [-0.4, -0.2) is 17.1 Å². The van der Waals surface area contributed by atoms with Crippen LogP contribution in [0, 0.1) is 6.92 Å². The van der Waals surface area contributed by atoms with Crippen molar-refractivity contribution in [3.8, 4) is 17.1 Å². The van der Waals surface area contributed by atoms with E-state index in [-0.39, 0.29) is 5.41 Å². The molecule has 4 heteroatoms. The van der Waals surface area contributed by atoms with E-state index < -0.39 is 0 Å². The van der Waals surface area contributed by atoms with Gasteiger partial charge in [-0.15, -0.1) is 0 Å². The molecule has 4 nitrogen and oxygen atoms in total. The van der Waals surface area contributed by atoms with E-state index in [1.165, 1.54) is 36.0 Å². The molecule has 0 saturated heterocycles. The van der Waals surface area contributed by atoms with Gasteiger partial charge in [0, 0.05) is 28.9 Å². The molecule has 0 atom stereocenters. The molecule has 1 N–H and O–H groups in total. The molecule has 0 unspecified atom stereocenters. The van der Waals surface area contributed by atoms with E-state index in [4.69, 9.17) is 9.72 Å². The van der Waals surface area contributed by atoms with E-state index in [0.717, 1.165) is 41.2 Å². The molecule has 2 heterocycles. The number of ether oxygens (including phenoxy) is 1. The Balaban J connectivity index is 0.00000119. The maximum atomic E-state index is 5.17. The number of benzene rings is 1. The van der Waals surface area contributed by atoms with Crippen LogP contribution in [0.25, 0.3) is 11.3 Å². The Morgan fingerprint density at radius 2 is 1.81 bits per heavy atom. The molecule has 0 amide bonds. The molecule has 3 aromatic rings. The molecule has 2 aliphatic carbocycles. The van der Waals surface area contributed by atoms with Crippen molar-refractivity contribution in [1.29, 1.82) is 0 Å². The number of nitrogens with zero attached hydrogens (tertiary/aromatic N) is 2. The van der Waals surface area contributed by atoms with Crippen LogP contribution in [0.15, 0.2) is 60.9 Å². The van der Waals surface area contributed by atoms with Gasteiger partial charge in [-0.1, -0.05) is 44.7 Å². The normalized spacial score (nSPS) is 15.2. The van der Waals surface area contributed by atoms with Gasteiger partial charge in [0.15, 0.2) is 0 Å². The molecule has 1 fully saturated rings. The molecule has 0 bridgehead atoms. The van der Waals surface area contributed by atoms with Crippen LogP contribution in [-0.2, 0) is 18.3 Å². The zero-order chi connectivity index (χ0) is 22.7. The van der Waals surface area contributed by atoms with Crippen LogP contribution in [0.5, 0.6) is 5.88 Å². The number of pyridine rings is 2. The first-order valence-corrected chi connectivity index (χ1v) is 11.7. The molecule has 1 aromatic carbocycles. The maximum Gasteiger partial charge on any atom is 0.212 e. The second kappa shape index (κ2) is 9.15. The fourth-order valence-electron chi connectivity index (χ4n) is 4.57. The van der Waals surface area contributed by atoms with Crippen LogP contribution in [0.2, 0.25) is 0 Å². The van der Waals surface area contributed by atoms with E-state index in [9.17, 15) is 0 Å². The first kappa shape index (κ1) is 22.1. The predicted octanol–water partition coefficient (Wildman–Crippen LogP) is 6.63. The monoisotopic (exact) mass is 427 g/mol. The second-order valence-electron chi connectivity index (χ2n) is 8.47. The second-order valence-corrected chi connectivity index (χ2v) is 8.47. The molecule has 32 heavy (non-hydrogen) atoms. The number of methoxy groups -OCH3 is 1. The van der Waals surface area contributed by atoms with Crippen LogP contribution < -0.4 is 10.1 Å². The molecule has 0 aliphatic heterocycles. The summed E-state index contributed by atoms with van der Waals surface area (Å²) in [6, 6.07) is 15.0. The summed E-state index contributed by atoms with van der Waals surface area (Å²) in [5.41, 5.74) is 8.51. The number of rotatable bonds is 6. The zero-order valence-corrected chi connectivity index (χ0v) is 19.7. The Bertz CT molecular complexity index is 1110. The lowest BCUT2D eigenvalue weighted by Gasteiger charge is -2.22. The smallest absolute Gasteiger partial charge is 0.212 e. The van der Waals surface area contributed by atoms with Gasteiger partial charge in [0.05, 0.1) is 12.8 Å². The van der Waals surface area contributed by atoms with Gasteiger partial charge in [-0.05, 0) is 73.4 Å². The molecule has 2 aromatic heterocycles. The summed E-state index contributed by atoms with van der Waals surface area (Å²) < 4.78 is 5.17. The maximum absolute atomic E-state index is 5.17. The van der Waals surface area contributed by atoms with Gasteiger partial charge in [0.25, 0.3) is 0 Å². The third kappa shape index (κ3) is 4.14. The van der Waals surface area contributed by atoms with Crippen LogP contribution in [0.3, 0.4) is 0 Å². The van der Waals surface area contributed by atoms with Gasteiger partial charge in [-0.25, -0.2) is 9.97 Å². The summed E-state index contributed by atoms with van der Waals surface area (Å²) in [6.07, 6.45) is 7.79. The van der Waals surface area contributed by atoms with Crippen LogP contribution in [0.4, 0.5) is 5.82 Å². The zero-order valence-electron chi connectivity index (χ0n) is 19.7. The molecule has 2 aliphatic rings. The van der Waals surface area contributed by atoms with Gasteiger partial charge in [0.2, 0.25) is 5.88 Å². The highest BCUT2D eigenvalue weighted by Crippen LogP contribution is 2.53. The first-order chi connectivity index (χ1) is 15.6. The largest absolute Gasteiger partial charge is 0.481 e. The number of aryl methyl sites for hydroxylation is 3. The molecule has 166 valence electrons. The SMILES string of the molecule is C=C(Nc1ccc(C)c(-c2ccc(OC)nc2)n1)C1(c2ccc3c(c2)CCC3)CC1.CC. The van der Waals surface area contributed by atoms with E-state index in [2.05, 4.69) is 48.1 Å². The number of fused-ring (bicyclic) bond motifs is 1. The number of hydrogen-bond acceptors (Lipinski definition) is 4. The summed E-state index contributed by atoms with van der Waals surface area (Å²) in [5, 5.41) is 3.52. The molecule has 0 spiro atoms. The standard InChI is InChI=1S/C26H27N3O.C2H6/c1-17-7-11-23(29-25(17)21-9-12-24(30-3)27-16-21)28-18(2)26(13-14-26)22-10-8-19-5-4-6-20(19)15-22;1-2/h7-12,15-16H,2,4-6,13-14H2,1,3H3,(H,28,29);1-2H3. The first-order valence-electron chi connectivity index (χ1n) is 11.7. The predicted molar refractivity (Wildman–Crippen MR) is 132 cm³/mol. The number of allylic oxidation sites excluding steroid dienone is 1. The minimum atomic E-state index is 0.0337. The molecular weight excluding hydrogens is 394 g/mol. The van der Waals surface area contributed by atoms with Gasteiger partial charge in [-0.2, -0.15) is 0 Å². The van der Waals surface area contributed by atoms with E-state index in [1.54, 1.807) is 13.3 Å². The van der Waals surface area contributed by atoms with Gasteiger partial charge in [0.1, 0.15) is 5.82 Å². The van der Waals surface area contributed by atoms with Gasteiger partial charge in [-0.3, -0.25) is 0 Å². The molecule has 5 rings (SSSR count). The average Bonchev–Trinajstić information content (AvgIpc) is 3.52. The Kier molecular flexibility index (Phi) is 6.31. The van der Waals surface area contributed by atoms with Crippen molar-refractivity contribution < 1.29 is 4.74 Å². The quantitative estimate of drug-likeness (QED) is 0.479. The van der Waals surface area contributed by atoms with E-state index in [0.29, 0.717) is 5.88 Å². The van der Waals surface area contributed by atoms with Crippen molar-refractivity contribution in [3.63, 3.8) is 0 Å². The lowest BCUT2D eigenvalue weighted by atomic mass is 9.90. The van der Waals surface area contributed by atoms with Crippen molar-refractivity contribution in [2.24, 2.45) is 0 Å². The van der Waals surface area contributed by atoms with Gasteiger partial charge >= 0.3 is 0 Å². The summed E-state index contributed by atoms with van der Waals surface area (Å²) in [6.45, 7) is 10.5. The van der Waals surface area contributed by atoms with Crippen LogP contribution >= 0.6 is 0 Å². The van der Waals surface area contributed by atoms with Crippen molar-refractivity contribution in [2.45, 2.75) is 58.3 Å². The Hall–Kier alpha value is -3.14. The minimum absolute atomic E-state index is 0.0337. The fraction of sp³-hybridized carbons (Fsp3) is 0.357. The number of aromatic nitrogens is 2. The molecule has 0 radical (unpaired) electrons. The average molecular weight is 428 g/mol. The van der Waals surface area contributed by atoms with E-state index in [1.807, 2.05) is 32.0 Å². The lowest BCUT2D eigenvalue weighted by Crippen LogP contribution is -2.17. The number of nitrogens with one attached hydrogen (secondary N) is 1. The molecule has 1 saturated carbocycles. The Morgan fingerprint density at radius 1 is 1.03 bits per heavy atom. The Labute approximate surface area is 191 Å². The highest BCUT2D eigenvalue weighted by atomic mass is 16.5. The van der Waals surface area contributed by atoms with Crippen LogP contribution in [0.1, 0.15) is 55.4 Å². The summed E-state index contributed by atoms with van der Waals surface area (Å²) >= 11 is 0. The summed E-state index contributed by atoms with van der Waals surface area (Å²) in [4.78, 5) is 9.20. The van der Waals surface area contributed by atoms with Crippen molar-refractivity contribution >= 4 is 5.82 Å². The highest BCUT2D eigenvalue weighted by molar-refractivity contribution is 5.65. The summed E-state index contributed by atoms with van der Waals surface area (Å²) in [5.74, 6) is 1.42. The lowest BCUT2D eigenvalue weighted by molar-refractivity contribution is 0.398. The van der Waals surface area contributed by atoms with E-state index >= 15 is 0 Å². The third-order valence-electron chi connectivity index (χ3n) is 6.57. The third-order valence-corrected chi connectivity index (χ3v) is 6.57. The van der Waals surface area contributed by atoms with Crippen molar-refractivity contribution in [1.82, 2.24) is 9.97 Å². The highest BCUT2D eigenvalue weighted by Gasteiger charge is 2.47. The molecular formula is C28H33N3O. The minimum Gasteiger partial charge on any atom is -0.481 e. The fourth-order valence-corrected chi connectivity index (χ4v) is 4.57. The summed E-state index contributed by atoms with van der Waals surface area (Å²) in [7, 11) is 1.62. The Morgan fingerprint density at radius 3 is 2.50 bits per heavy atom. The van der Waals surface area contributed by atoms with Gasteiger partial charge < -0.3 is 10.1 Å². The topological polar surface area (TPSA) is 47.0 Å². The number of hydrogen-bond donors (Lipinski definition) is 1.